The number of hydrogen-bond acceptors (Lipinski definition) is 4. The molecule has 0 unspecified atom stereocenters. The number of nitrogens with zero attached hydrogens (tertiary/aromatic N) is 3. The number of piperazine rings is 1. The summed E-state index contributed by atoms with van der Waals surface area (Å²) in [7, 11) is 0. The Morgan fingerprint density at radius 3 is 2.42 bits per heavy atom. The minimum absolute atomic E-state index is 0.0207. The van der Waals surface area contributed by atoms with Crippen LogP contribution in [-0.4, -0.2) is 57.3 Å². The number of halogens is 1. The second kappa shape index (κ2) is 7.53. The smallest absolute Gasteiger partial charge is 0.354 e. The fourth-order valence-corrected chi connectivity index (χ4v) is 2.81. The van der Waals surface area contributed by atoms with Crippen LogP contribution in [0.3, 0.4) is 0 Å². The Morgan fingerprint density at radius 2 is 1.85 bits per heavy atom. The van der Waals surface area contributed by atoms with Gasteiger partial charge in [0.1, 0.15) is 12.2 Å². The van der Waals surface area contributed by atoms with Gasteiger partial charge in [0.15, 0.2) is 0 Å². The number of carbonyl (C=O) groups is 3. The zero-order valence-corrected chi connectivity index (χ0v) is 14.5. The summed E-state index contributed by atoms with van der Waals surface area (Å²) in [5, 5.41) is 9.48. The third-order valence-electron chi connectivity index (χ3n) is 4.12. The van der Waals surface area contributed by atoms with Crippen LogP contribution in [0.5, 0.6) is 0 Å². The van der Waals surface area contributed by atoms with Crippen molar-refractivity contribution in [3.63, 3.8) is 0 Å². The second-order valence-corrected chi connectivity index (χ2v) is 6.34. The highest BCUT2D eigenvalue weighted by molar-refractivity contribution is 6.30. The van der Waals surface area contributed by atoms with Crippen molar-refractivity contribution in [3.8, 4) is 0 Å². The summed E-state index contributed by atoms with van der Waals surface area (Å²) < 4.78 is 0. The van der Waals surface area contributed by atoms with Gasteiger partial charge in [-0.25, -0.2) is 9.78 Å². The van der Waals surface area contributed by atoms with Crippen molar-refractivity contribution in [2.45, 2.75) is 6.54 Å². The molecule has 0 spiro atoms. The quantitative estimate of drug-likeness (QED) is 0.884. The molecule has 2 amide bonds. The fraction of sp³-hybridized carbons (Fsp3) is 0.222. The maximum absolute atomic E-state index is 12.5. The van der Waals surface area contributed by atoms with E-state index in [0.717, 1.165) is 5.56 Å². The predicted octanol–water partition coefficient (Wildman–Crippen LogP) is 1.92. The van der Waals surface area contributed by atoms with Crippen molar-refractivity contribution in [2.24, 2.45) is 0 Å². The van der Waals surface area contributed by atoms with Crippen molar-refractivity contribution in [3.05, 3.63) is 64.4 Å². The molecule has 26 heavy (non-hydrogen) atoms. The Balaban J connectivity index is 1.62. The van der Waals surface area contributed by atoms with Crippen LogP contribution in [0.2, 0.25) is 5.02 Å². The molecule has 0 radical (unpaired) electrons. The van der Waals surface area contributed by atoms with Crippen LogP contribution < -0.4 is 0 Å². The molecule has 2 heterocycles. The molecule has 0 saturated carbocycles. The number of hydrogen-bond donors (Lipinski definition) is 1. The van der Waals surface area contributed by atoms with Gasteiger partial charge in [-0.1, -0.05) is 23.7 Å². The molecular weight excluding hydrogens is 358 g/mol. The number of pyridine rings is 1. The van der Waals surface area contributed by atoms with Gasteiger partial charge in [-0.2, -0.15) is 0 Å². The number of rotatable bonds is 4. The van der Waals surface area contributed by atoms with Gasteiger partial charge in [0.05, 0.1) is 5.56 Å². The van der Waals surface area contributed by atoms with Gasteiger partial charge >= 0.3 is 5.97 Å². The molecule has 3 rings (SSSR count). The first-order valence-corrected chi connectivity index (χ1v) is 8.32. The van der Waals surface area contributed by atoms with E-state index in [9.17, 15) is 14.4 Å². The average Bonchev–Trinajstić information content (AvgIpc) is 2.64. The SMILES string of the molecule is O=C(O)c1ccc(C(=O)N2CCN(Cc3ccc(Cl)cc3)C(=O)C2)cn1. The fourth-order valence-electron chi connectivity index (χ4n) is 2.69. The highest BCUT2D eigenvalue weighted by Gasteiger charge is 2.28. The summed E-state index contributed by atoms with van der Waals surface area (Å²) in [6.45, 7) is 1.27. The number of benzene rings is 1. The van der Waals surface area contributed by atoms with Crippen LogP contribution in [0.1, 0.15) is 26.4 Å². The van der Waals surface area contributed by atoms with E-state index in [4.69, 9.17) is 16.7 Å². The van der Waals surface area contributed by atoms with Crippen LogP contribution in [0.15, 0.2) is 42.6 Å². The molecule has 1 aliphatic rings. The lowest BCUT2D eigenvalue weighted by Crippen LogP contribution is -2.51. The van der Waals surface area contributed by atoms with Crippen molar-refractivity contribution in [1.29, 1.82) is 0 Å². The number of carbonyl (C=O) groups excluding carboxylic acids is 2. The summed E-state index contributed by atoms with van der Waals surface area (Å²) in [5.41, 5.74) is 1.09. The van der Waals surface area contributed by atoms with Gasteiger partial charge in [0, 0.05) is 30.9 Å². The van der Waals surface area contributed by atoms with E-state index < -0.39 is 5.97 Å². The van der Waals surface area contributed by atoms with Crippen LogP contribution in [0.4, 0.5) is 0 Å². The van der Waals surface area contributed by atoms with E-state index in [0.29, 0.717) is 24.7 Å². The topological polar surface area (TPSA) is 90.8 Å². The molecule has 0 aliphatic carbocycles. The normalized spacial score (nSPS) is 14.4. The minimum Gasteiger partial charge on any atom is -0.477 e. The van der Waals surface area contributed by atoms with Crippen LogP contribution in [0, 0.1) is 0 Å². The molecule has 2 aromatic rings. The summed E-state index contributed by atoms with van der Waals surface area (Å²) in [5.74, 6) is -1.64. The van der Waals surface area contributed by atoms with E-state index in [1.165, 1.54) is 23.2 Å². The Hall–Kier alpha value is -2.93. The van der Waals surface area contributed by atoms with E-state index >= 15 is 0 Å². The molecular formula is C18H16ClN3O4. The summed E-state index contributed by atoms with van der Waals surface area (Å²) in [6.07, 6.45) is 1.22. The van der Waals surface area contributed by atoms with Gasteiger partial charge < -0.3 is 14.9 Å². The molecule has 1 N–H and O–H groups in total. The third-order valence-corrected chi connectivity index (χ3v) is 4.37. The van der Waals surface area contributed by atoms with Crippen LogP contribution in [-0.2, 0) is 11.3 Å². The number of carboxylic acids is 1. The van der Waals surface area contributed by atoms with Gasteiger partial charge in [-0.3, -0.25) is 9.59 Å². The van der Waals surface area contributed by atoms with E-state index in [-0.39, 0.29) is 29.6 Å². The Bertz CT molecular complexity index is 837. The standard InChI is InChI=1S/C18H16ClN3O4/c19-14-4-1-12(2-5-14)10-21-7-8-22(11-16(21)23)17(24)13-3-6-15(18(25)26)20-9-13/h1-6,9H,7-8,10-11H2,(H,25,26). The highest BCUT2D eigenvalue weighted by atomic mass is 35.5. The second-order valence-electron chi connectivity index (χ2n) is 5.91. The van der Waals surface area contributed by atoms with Crippen molar-refractivity contribution < 1.29 is 19.5 Å². The molecule has 1 aromatic carbocycles. The van der Waals surface area contributed by atoms with E-state index in [2.05, 4.69) is 4.98 Å². The molecule has 1 aromatic heterocycles. The minimum atomic E-state index is -1.16. The monoisotopic (exact) mass is 373 g/mol. The lowest BCUT2D eigenvalue weighted by Gasteiger charge is -2.34. The first kappa shape index (κ1) is 17.9. The first-order chi connectivity index (χ1) is 12.4. The first-order valence-electron chi connectivity index (χ1n) is 7.95. The number of aromatic carboxylic acids is 1. The van der Waals surface area contributed by atoms with E-state index in [1.807, 2.05) is 12.1 Å². The third kappa shape index (κ3) is 4.00. The molecule has 1 aliphatic heterocycles. The predicted molar refractivity (Wildman–Crippen MR) is 94.0 cm³/mol. The van der Waals surface area contributed by atoms with Crippen LogP contribution in [0.25, 0.3) is 0 Å². The molecule has 0 atom stereocenters. The number of aromatic nitrogens is 1. The molecule has 8 heteroatoms. The number of amides is 2. The Morgan fingerprint density at radius 1 is 1.12 bits per heavy atom. The zero-order chi connectivity index (χ0) is 18.7. The summed E-state index contributed by atoms with van der Waals surface area (Å²) in [4.78, 5) is 42.5. The molecule has 7 nitrogen and oxygen atoms in total. The summed E-state index contributed by atoms with van der Waals surface area (Å²) >= 11 is 5.86. The molecule has 1 fully saturated rings. The van der Waals surface area contributed by atoms with Gasteiger partial charge in [0.2, 0.25) is 5.91 Å². The molecule has 0 bridgehead atoms. The van der Waals surface area contributed by atoms with Gasteiger partial charge in [-0.05, 0) is 29.8 Å². The lowest BCUT2D eigenvalue weighted by atomic mass is 10.1. The van der Waals surface area contributed by atoms with Crippen LogP contribution >= 0.6 is 11.6 Å². The van der Waals surface area contributed by atoms with Crippen molar-refractivity contribution in [2.75, 3.05) is 19.6 Å². The number of carboxylic acid groups (broad SMARTS) is 1. The maximum Gasteiger partial charge on any atom is 0.354 e. The van der Waals surface area contributed by atoms with Gasteiger partial charge in [-0.15, -0.1) is 0 Å². The Labute approximate surface area is 154 Å². The largest absolute Gasteiger partial charge is 0.477 e. The van der Waals surface area contributed by atoms with E-state index in [1.54, 1.807) is 17.0 Å². The lowest BCUT2D eigenvalue weighted by molar-refractivity contribution is -0.135. The average molecular weight is 374 g/mol. The summed E-state index contributed by atoms with van der Waals surface area (Å²) in [6, 6.07) is 9.95. The zero-order valence-electron chi connectivity index (χ0n) is 13.8. The van der Waals surface area contributed by atoms with Crippen molar-refractivity contribution >= 4 is 29.4 Å². The molecule has 134 valence electrons. The Kier molecular flexibility index (Phi) is 5.18. The molecule has 1 saturated heterocycles. The highest BCUT2D eigenvalue weighted by Crippen LogP contribution is 2.15. The van der Waals surface area contributed by atoms with Gasteiger partial charge in [0.25, 0.3) is 5.91 Å². The van der Waals surface area contributed by atoms with Crippen molar-refractivity contribution in [1.82, 2.24) is 14.8 Å². The maximum atomic E-state index is 12.5.